The van der Waals surface area contributed by atoms with Gasteiger partial charge in [0.1, 0.15) is 38.0 Å². The number of aromatic nitrogens is 4. The van der Waals surface area contributed by atoms with Crippen LogP contribution >= 0.6 is 0 Å². The van der Waals surface area contributed by atoms with Gasteiger partial charge < -0.3 is 29.5 Å². The van der Waals surface area contributed by atoms with E-state index in [0.29, 0.717) is 22.8 Å². The van der Waals surface area contributed by atoms with Crippen molar-refractivity contribution in [2.75, 3.05) is 86.9 Å². The van der Waals surface area contributed by atoms with Crippen molar-refractivity contribution in [1.29, 1.82) is 0 Å². The predicted molar refractivity (Wildman–Crippen MR) is 130 cm³/mol. The number of anilines is 4. The van der Waals surface area contributed by atoms with Gasteiger partial charge in [0.05, 0.1) is 0 Å². The monoisotopic (exact) mass is 476 g/mol. The van der Waals surface area contributed by atoms with Crippen LogP contribution in [-0.4, -0.2) is 97.5 Å². The van der Waals surface area contributed by atoms with Gasteiger partial charge in [0.15, 0.2) is 11.6 Å². The summed E-state index contributed by atoms with van der Waals surface area (Å²) in [5.41, 5.74) is 1.28. The van der Waals surface area contributed by atoms with Crippen molar-refractivity contribution in [1.82, 2.24) is 19.9 Å². The van der Waals surface area contributed by atoms with Crippen molar-refractivity contribution < 1.29 is 19.7 Å². The van der Waals surface area contributed by atoms with E-state index in [1.807, 2.05) is 4.90 Å². The number of nitrogens with zero attached hydrogens (tertiary/aromatic N) is 8. The van der Waals surface area contributed by atoms with E-state index in [2.05, 4.69) is 9.80 Å². The Labute approximate surface area is 200 Å². The maximum absolute atomic E-state index is 9.80. The highest BCUT2D eigenvalue weighted by Crippen LogP contribution is 2.34. The first kappa shape index (κ1) is 24.6. The lowest BCUT2D eigenvalue weighted by Crippen LogP contribution is -2.35. The average molecular weight is 477 g/mol. The molecule has 2 aromatic heterocycles. The minimum atomic E-state index is -0.394. The first-order chi connectivity index (χ1) is 16.7. The normalized spacial score (nSPS) is 16.8. The number of aliphatic hydroxyl groups excluding tert-OH is 2. The second kappa shape index (κ2) is 11.7. The summed E-state index contributed by atoms with van der Waals surface area (Å²) in [6.45, 7) is 3.25. The summed E-state index contributed by atoms with van der Waals surface area (Å²) in [5.74, 6) is 2.18. The molecule has 4 heterocycles. The van der Waals surface area contributed by atoms with Crippen LogP contribution in [0.3, 0.4) is 0 Å². The van der Waals surface area contributed by atoms with Crippen LogP contribution in [0, 0.1) is 0 Å². The Kier molecular flexibility index (Phi) is 8.48. The number of piperidine rings is 2. The molecule has 0 atom stereocenters. The SMILES string of the molecule is COCN(COC)c1nc(N2CCCCC2)c2nc(N(CO)CO)nc(N3CCCCC3)c2n1. The smallest absolute Gasteiger partial charge is 0.231 e. The molecule has 0 unspecified atom stereocenters. The molecule has 4 rings (SSSR count). The van der Waals surface area contributed by atoms with E-state index < -0.39 is 13.5 Å². The third kappa shape index (κ3) is 5.24. The molecule has 0 aromatic carbocycles. The standard InChI is InChI=1S/C22H36N8O4/c1-33-15-30(16-34-2)22-24-18-17(20(26-22)28-11-7-4-8-12-28)23-21(29(13-31)14-32)25-19(18)27-9-5-3-6-10-27/h31-32H,3-16H2,1-2H3. The van der Waals surface area contributed by atoms with Gasteiger partial charge in [-0.1, -0.05) is 0 Å². The molecule has 12 heteroatoms. The number of fused-ring (bicyclic) bond motifs is 1. The maximum Gasteiger partial charge on any atom is 0.231 e. The molecule has 12 nitrogen and oxygen atoms in total. The summed E-state index contributed by atoms with van der Waals surface area (Å²) in [4.78, 5) is 27.0. The Morgan fingerprint density at radius 1 is 0.647 bits per heavy atom. The first-order valence-electron chi connectivity index (χ1n) is 12.0. The lowest BCUT2D eigenvalue weighted by atomic mass is 10.1. The van der Waals surface area contributed by atoms with Gasteiger partial charge in [-0.25, -0.2) is 9.97 Å². The minimum absolute atomic E-state index is 0.262. The highest BCUT2D eigenvalue weighted by atomic mass is 16.5. The average Bonchev–Trinajstić information content (AvgIpc) is 2.89. The zero-order valence-corrected chi connectivity index (χ0v) is 20.2. The molecule has 0 aliphatic carbocycles. The van der Waals surface area contributed by atoms with E-state index in [0.717, 1.165) is 57.7 Å². The summed E-state index contributed by atoms with van der Waals surface area (Å²) in [5, 5.41) is 19.6. The minimum Gasteiger partial charge on any atom is -0.376 e. The molecule has 0 bridgehead atoms. The Hall–Kier alpha value is -2.54. The first-order valence-corrected chi connectivity index (χ1v) is 12.0. The van der Waals surface area contributed by atoms with Crippen LogP contribution in [0.1, 0.15) is 38.5 Å². The molecule has 0 saturated carbocycles. The molecule has 2 aromatic rings. The van der Waals surface area contributed by atoms with Crippen LogP contribution in [-0.2, 0) is 9.47 Å². The summed E-state index contributed by atoms with van der Waals surface area (Å²) < 4.78 is 10.8. The third-order valence-electron chi connectivity index (χ3n) is 6.27. The molecule has 2 aliphatic rings. The maximum atomic E-state index is 9.80. The fourth-order valence-electron chi connectivity index (χ4n) is 4.53. The molecule has 2 aliphatic heterocycles. The van der Waals surface area contributed by atoms with Crippen LogP contribution < -0.4 is 19.6 Å². The van der Waals surface area contributed by atoms with Gasteiger partial charge in [0.25, 0.3) is 0 Å². The van der Waals surface area contributed by atoms with Crippen molar-refractivity contribution in [3.8, 4) is 0 Å². The summed E-state index contributed by atoms with van der Waals surface area (Å²) in [6.07, 6.45) is 6.67. The Balaban J connectivity index is 1.94. The molecule has 0 amide bonds. The van der Waals surface area contributed by atoms with E-state index in [9.17, 15) is 10.2 Å². The van der Waals surface area contributed by atoms with E-state index in [1.54, 1.807) is 14.2 Å². The molecule has 0 radical (unpaired) electrons. The van der Waals surface area contributed by atoms with Crippen LogP contribution in [0.5, 0.6) is 0 Å². The molecular weight excluding hydrogens is 440 g/mol. The highest BCUT2D eigenvalue weighted by Gasteiger charge is 2.27. The molecule has 34 heavy (non-hydrogen) atoms. The summed E-state index contributed by atoms with van der Waals surface area (Å²) in [6, 6.07) is 0. The van der Waals surface area contributed by atoms with Crippen molar-refractivity contribution in [2.45, 2.75) is 38.5 Å². The summed E-state index contributed by atoms with van der Waals surface area (Å²) in [7, 11) is 3.25. The lowest BCUT2D eigenvalue weighted by molar-refractivity contribution is 0.139. The number of aliphatic hydroxyl groups is 2. The topological polar surface area (TPSA) is 123 Å². The highest BCUT2D eigenvalue weighted by molar-refractivity contribution is 5.95. The largest absolute Gasteiger partial charge is 0.376 e. The molecule has 2 saturated heterocycles. The van der Waals surface area contributed by atoms with E-state index >= 15 is 0 Å². The zero-order chi connectivity index (χ0) is 23.9. The number of hydrogen-bond acceptors (Lipinski definition) is 12. The van der Waals surface area contributed by atoms with Crippen molar-refractivity contribution in [3.63, 3.8) is 0 Å². The van der Waals surface area contributed by atoms with Crippen LogP contribution in [0.2, 0.25) is 0 Å². The lowest BCUT2D eigenvalue weighted by Gasteiger charge is -2.32. The number of hydrogen-bond donors (Lipinski definition) is 2. The fraction of sp³-hybridized carbons (Fsp3) is 0.727. The van der Waals surface area contributed by atoms with Gasteiger partial charge in [-0.2, -0.15) is 9.97 Å². The quantitative estimate of drug-likeness (QED) is 0.478. The van der Waals surface area contributed by atoms with Gasteiger partial charge in [0, 0.05) is 40.4 Å². The van der Waals surface area contributed by atoms with Gasteiger partial charge in [-0.3, -0.25) is 9.80 Å². The zero-order valence-electron chi connectivity index (χ0n) is 20.2. The summed E-state index contributed by atoms with van der Waals surface area (Å²) >= 11 is 0. The molecule has 188 valence electrons. The van der Waals surface area contributed by atoms with Gasteiger partial charge in [-0.15, -0.1) is 0 Å². The van der Waals surface area contributed by atoms with E-state index in [1.165, 1.54) is 17.7 Å². The van der Waals surface area contributed by atoms with Crippen molar-refractivity contribution in [3.05, 3.63) is 0 Å². The van der Waals surface area contributed by atoms with E-state index in [-0.39, 0.29) is 19.4 Å². The second-order valence-corrected chi connectivity index (χ2v) is 8.69. The van der Waals surface area contributed by atoms with E-state index in [4.69, 9.17) is 29.4 Å². The van der Waals surface area contributed by atoms with Gasteiger partial charge in [0.2, 0.25) is 11.9 Å². The fourth-order valence-corrected chi connectivity index (χ4v) is 4.53. The Morgan fingerprint density at radius 2 is 1.06 bits per heavy atom. The van der Waals surface area contributed by atoms with Crippen molar-refractivity contribution >= 4 is 34.6 Å². The molecule has 2 N–H and O–H groups in total. The van der Waals surface area contributed by atoms with Crippen molar-refractivity contribution in [2.24, 2.45) is 0 Å². The van der Waals surface area contributed by atoms with Gasteiger partial charge >= 0.3 is 0 Å². The predicted octanol–water partition coefficient (Wildman–Crippen LogP) is 1.12. The molecule has 0 spiro atoms. The second-order valence-electron chi connectivity index (χ2n) is 8.69. The Morgan fingerprint density at radius 3 is 1.44 bits per heavy atom. The molecular formula is C22H36N8O4. The van der Waals surface area contributed by atoms with Gasteiger partial charge in [-0.05, 0) is 38.5 Å². The number of methoxy groups -OCH3 is 2. The number of rotatable bonds is 10. The third-order valence-corrected chi connectivity index (χ3v) is 6.27. The Bertz CT molecular complexity index is 927. The van der Waals surface area contributed by atoms with Crippen LogP contribution in [0.15, 0.2) is 0 Å². The van der Waals surface area contributed by atoms with Crippen LogP contribution in [0.25, 0.3) is 11.0 Å². The van der Waals surface area contributed by atoms with Crippen LogP contribution in [0.4, 0.5) is 23.5 Å². The molecule has 2 fully saturated rings. The number of ether oxygens (including phenoxy) is 2.